The number of anilines is 1. The van der Waals surface area contributed by atoms with Crippen LogP contribution >= 0.6 is 23.6 Å². The molecule has 3 nitrogen and oxygen atoms in total. The maximum absolute atomic E-state index is 13.7. The minimum Gasteiger partial charge on any atom is -0.344 e. The molecule has 6 heteroatoms. The largest absolute Gasteiger partial charge is 0.344 e. The van der Waals surface area contributed by atoms with Crippen LogP contribution in [0.5, 0.6) is 0 Å². The molecule has 0 atom stereocenters. The van der Waals surface area contributed by atoms with Crippen LogP contribution in [0.15, 0.2) is 35.7 Å². The van der Waals surface area contributed by atoms with Crippen LogP contribution < -0.4 is 10.2 Å². The first-order valence-electron chi connectivity index (χ1n) is 8.09. The average Bonchev–Trinajstić information content (AvgIpc) is 3.02. The monoisotopic (exact) mass is 366 g/mol. The third-order valence-corrected chi connectivity index (χ3v) is 4.96. The van der Waals surface area contributed by atoms with E-state index in [1.54, 1.807) is 24.3 Å². The van der Waals surface area contributed by atoms with Gasteiger partial charge in [-0.1, -0.05) is 12.1 Å². The van der Waals surface area contributed by atoms with Crippen molar-refractivity contribution in [2.45, 2.75) is 19.9 Å². The van der Waals surface area contributed by atoms with Crippen LogP contribution in [0.1, 0.15) is 16.9 Å². The predicted octanol–water partition coefficient (Wildman–Crippen LogP) is 2.93. The second kappa shape index (κ2) is 9.11. The van der Waals surface area contributed by atoms with Gasteiger partial charge in [0.2, 0.25) is 0 Å². The van der Waals surface area contributed by atoms with Crippen LogP contribution in [-0.4, -0.2) is 37.2 Å². The molecule has 0 spiro atoms. The second-order valence-electron chi connectivity index (χ2n) is 6.21. The molecule has 130 valence electrons. The summed E-state index contributed by atoms with van der Waals surface area (Å²) in [6, 6.07) is 9.28. The minimum absolute atomic E-state index is 0.219. The smallest absolute Gasteiger partial charge is 0.173 e. The molecule has 1 aromatic carbocycles. The van der Waals surface area contributed by atoms with E-state index in [1.807, 2.05) is 12.1 Å². The van der Waals surface area contributed by atoms with Gasteiger partial charge < -0.3 is 15.1 Å². The van der Waals surface area contributed by atoms with Gasteiger partial charge in [0.25, 0.3) is 0 Å². The van der Waals surface area contributed by atoms with Crippen molar-refractivity contribution < 1.29 is 9.29 Å². The highest BCUT2D eigenvalue weighted by molar-refractivity contribution is 7.80. The highest BCUT2D eigenvalue weighted by Gasteiger charge is 2.12. The van der Waals surface area contributed by atoms with Crippen molar-refractivity contribution in [3.63, 3.8) is 0 Å². The summed E-state index contributed by atoms with van der Waals surface area (Å²) >= 11 is 7.30. The van der Waals surface area contributed by atoms with E-state index in [2.05, 4.69) is 35.8 Å². The van der Waals surface area contributed by atoms with E-state index in [0.717, 1.165) is 26.1 Å². The summed E-state index contributed by atoms with van der Waals surface area (Å²) in [6.07, 6.45) is 1.05. The first kappa shape index (κ1) is 18.8. The molecule has 0 fully saturated rings. The van der Waals surface area contributed by atoms with Gasteiger partial charge in [0, 0.05) is 23.5 Å². The van der Waals surface area contributed by atoms with Gasteiger partial charge >= 0.3 is 0 Å². The van der Waals surface area contributed by atoms with Gasteiger partial charge in [0.15, 0.2) is 5.11 Å². The third-order valence-electron chi connectivity index (χ3n) is 3.74. The Morgan fingerprint density at radius 2 is 2.12 bits per heavy atom. The fraction of sp³-hybridized carbons (Fsp3) is 0.389. The minimum atomic E-state index is -0.219. The molecule has 0 radical (unpaired) electrons. The molecule has 0 aliphatic rings. The van der Waals surface area contributed by atoms with E-state index in [9.17, 15) is 4.39 Å². The molecule has 0 saturated heterocycles. The van der Waals surface area contributed by atoms with Gasteiger partial charge in [0.1, 0.15) is 5.82 Å². The molecule has 1 aromatic heterocycles. The number of rotatable bonds is 7. The van der Waals surface area contributed by atoms with Crippen molar-refractivity contribution in [3.8, 4) is 0 Å². The van der Waals surface area contributed by atoms with Crippen LogP contribution in [0.2, 0.25) is 0 Å². The van der Waals surface area contributed by atoms with Gasteiger partial charge in [-0.15, -0.1) is 11.3 Å². The highest BCUT2D eigenvalue weighted by Crippen LogP contribution is 2.16. The van der Waals surface area contributed by atoms with Crippen LogP contribution in [0.25, 0.3) is 0 Å². The fourth-order valence-corrected chi connectivity index (χ4v) is 3.33. The molecule has 0 aliphatic heterocycles. The summed E-state index contributed by atoms with van der Waals surface area (Å²) in [6.45, 7) is 4.50. The Balaban J connectivity index is 2.03. The maximum Gasteiger partial charge on any atom is 0.173 e. The van der Waals surface area contributed by atoms with E-state index in [4.69, 9.17) is 12.2 Å². The van der Waals surface area contributed by atoms with Crippen LogP contribution in [0.3, 0.4) is 0 Å². The van der Waals surface area contributed by atoms with Crippen LogP contribution in [0.4, 0.5) is 10.1 Å². The number of thiocarbonyl (C=S) groups is 1. The number of hydrogen-bond acceptors (Lipinski definition) is 2. The molecule has 0 unspecified atom stereocenters. The standard InChI is InChI=1S/C18H24FN3S2/c1-14-7-8-15(12-17(14)19)20-18(23)22(10-5-9-21(2)3)13-16-6-4-11-24-16/h4,6-8,11-12H,5,9-10,13H2,1-3H3,(H,20,23)/p+1. The lowest BCUT2D eigenvalue weighted by Gasteiger charge is -2.25. The molecule has 2 aromatic rings. The van der Waals surface area contributed by atoms with E-state index in [0.29, 0.717) is 16.4 Å². The Kier molecular flexibility index (Phi) is 7.15. The summed E-state index contributed by atoms with van der Waals surface area (Å²) in [4.78, 5) is 4.85. The molecule has 24 heavy (non-hydrogen) atoms. The van der Waals surface area contributed by atoms with Crippen molar-refractivity contribution >= 4 is 34.4 Å². The lowest BCUT2D eigenvalue weighted by atomic mass is 10.2. The summed E-state index contributed by atoms with van der Waals surface area (Å²) in [5.74, 6) is -0.219. The van der Waals surface area contributed by atoms with Crippen LogP contribution in [0, 0.1) is 12.7 Å². The maximum atomic E-state index is 13.7. The SMILES string of the molecule is Cc1ccc(NC(=S)N(CCC[NH+](C)C)Cc2cccs2)cc1F. The predicted molar refractivity (Wildman–Crippen MR) is 104 cm³/mol. The molecule has 0 aliphatic carbocycles. The molecular weight excluding hydrogens is 341 g/mol. The Hall–Kier alpha value is -1.50. The van der Waals surface area contributed by atoms with E-state index >= 15 is 0 Å². The number of aryl methyl sites for hydroxylation is 1. The molecule has 0 bridgehead atoms. The zero-order valence-corrected chi connectivity index (χ0v) is 16.1. The van der Waals surface area contributed by atoms with Crippen molar-refractivity contribution in [1.82, 2.24) is 4.90 Å². The summed E-state index contributed by atoms with van der Waals surface area (Å²) in [7, 11) is 4.30. The lowest BCUT2D eigenvalue weighted by Crippen LogP contribution is -3.05. The van der Waals surface area contributed by atoms with Crippen molar-refractivity contribution in [3.05, 3.63) is 52.0 Å². The second-order valence-corrected chi connectivity index (χ2v) is 7.62. The van der Waals surface area contributed by atoms with Gasteiger partial charge in [0.05, 0.1) is 27.2 Å². The Morgan fingerprint density at radius 3 is 2.75 bits per heavy atom. The lowest BCUT2D eigenvalue weighted by molar-refractivity contribution is -0.858. The molecule has 1 heterocycles. The summed E-state index contributed by atoms with van der Waals surface area (Å²) < 4.78 is 13.7. The quantitative estimate of drug-likeness (QED) is 0.735. The van der Waals surface area contributed by atoms with Crippen LogP contribution in [-0.2, 0) is 6.54 Å². The number of benzene rings is 1. The van der Waals surface area contributed by atoms with Crippen molar-refractivity contribution in [1.29, 1.82) is 0 Å². The summed E-state index contributed by atoms with van der Waals surface area (Å²) in [5.41, 5.74) is 1.33. The average molecular weight is 367 g/mol. The number of thiophene rings is 1. The Morgan fingerprint density at radius 1 is 1.33 bits per heavy atom. The van der Waals surface area contributed by atoms with Gasteiger partial charge in [-0.25, -0.2) is 4.39 Å². The zero-order chi connectivity index (χ0) is 17.5. The normalized spacial score (nSPS) is 10.9. The van der Waals surface area contributed by atoms with Crippen molar-refractivity contribution in [2.24, 2.45) is 0 Å². The highest BCUT2D eigenvalue weighted by atomic mass is 32.1. The van der Waals surface area contributed by atoms with Gasteiger partial charge in [-0.2, -0.15) is 0 Å². The first-order valence-corrected chi connectivity index (χ1v) is 9.38. The molecule has 0 saturated carbocycles. The van der Waals surface area contributed by atoms with Crippen molar-refractivity contribution in [2.75, 3.05) is 32.5 Å². The molecule has 0 amide bonds. The number of halogens is 1. The van der Waals surface area contributed by atoms with E-state index in [-0.39, 0.29) is 5.82 Å². The Bertz CT molecular complexity index is 656. The Labute approximate surface area is 153 Å². The van der Waals surface area contributed by atoms with Gasteiger partial charge in [-0.05, 0) is 48.3 Å². The first-order chi connectivity index (χ1) is 11.5. The molecule has 2 N–H and O–H groups in total. The molecule has 2 rings (SSSR count). The topological polar surface area (TPSA) is 19.7 Å². The number of hydrogen-bond donors (Lipinski definition) is 2. The van der Waals surface area contributed by atoms with Gasteiger partial charge in [-0.3, -0.25) is 0 Å². The number of nitrogens with zero attached hydrogens (tertiary/aromatic N) is 1. The fourth-order valence-electron chi connectivity index (χ4n) is 2.34. The third kappa shape index (κ3) is 5.85. The van der Waals surface area contributed by atoms with E-state index < -0.39 is 0 Å². The summed E-state index contributed by atoms with van der Waals surface area (Å²) in [5, 5.41) is 5.89. The zero-order valence-electron chi connectivity index (χ0n) is 14.4. The number of quaternary nitrogens is 1. The number of nitrogens with one attached hydrogen (secondary N) is 2. The van der Waals surface area contributed by atoms with E-state index in [1.165, 1.54) is 15.8 Å². The molecular formula is C18H25FN3S2+.